The van der Waals surface area contributed by atoms with Gasteiger partial charge in [0.05, 0.1) is 11.2 Å². The van der Waals surface area contributed by atoms with E-state index in [0.29, 0.717) is 6.54 Å². The molecule has 0 fully saturated rings. The maximum absolute atomic E-state index is 13.5. The summed E-state index contributed by atoms with van der Waals surface area (Å²) >= 11 is 0. The molecule has 0 radical (unpaired) electrons. The molecular formula is C18H17FN2. The predicted molar refractivity (Wildman–Crippen MR) is 84.5 cm³/mol. The summed E-state index contributed by atoms with van der Waals surface area (Å²) in [6.07, 6.45) is 0. The summed E-state index contributed by atoms with van der Waals surface area (Å²) in [6.45, 7) is 3.52. The van der Waals surface area contributed by atoms with Crippen LogP contribution >= 0.6 is 0 Å². The molecule has 0 saturated carbocycles. The van der Waals surface area contributed by atoms with Crippen molar-refractivity contribution in [2.45, 2.75) is 13.5 Å². The number of nitrogens with zero attached hydrogens (tertiary/aromatic N) is 1. The van der Waals surface area contributed by atoms with E-state index in [0.717, 1.165) is 34.3 Å². The zero-order valence-corrected chi connectivity index (χ0v) is 11.9. The Morgan fingerprint density at radius 2 is 1.90 bits per heavy atom. The van der Waals surface area contributed by atoms with Gasteiger partial charge in [0.15, 0.2) is 0 Å². The molecule has 0 aliphatic carbocycles. The molecule has 3 rings (SSSR count). The minimum Gasteiger partial charge on any atom is -0.313 e. The summed E-state index contributed by atoms with van der Waals surface area (Å²) in [5.41, 5.74) is 3.73. The summed E-state index contributed by atoms with van der Waals surface area (Å²) in [5.74, 6) is -0.215. The predicted octanol–water partition coefficient (Wildman–Crippen LogP) is 4.15. The number of rotatable bonds is 4. The Morgan fingerprint density at radius 1 is 1.05 bits per heavy atom. The van der Waals surface area contributed by atoms with E-state index in [9.17, 15) is 4.39 Å². The van der Waals surface area contributed by atoms with Crippen LogP contribution in [0, 0.1) is 5.82 Å². The van der Waals surface area contributed by atoms with Gasteiger partial charge in [-0.3, -0.25) is 0 Å². The van der Waals surface area contributed by atoms with Crippen molar-refractivity contribution < 1.29 is 4.39 Å². The molecule has 1 heterocycles. The second kappa shape index (κ2) is 6.02. The van der Waals surface area contributed by atoms with Crippen molar-refractivity contribution in [3.05, 3.63) is 66.0 Å². The lowest BCUT2D eigenvalue weighted by Crippen LogP contribution is -2.12. The molecular weight excluding hydrogens is 263 g/mol. The number of hydrogen-bond acceptors (Lipinski definition) is 2. The molecule has 0 spiro atoms. The Hall–Kier alpha value is -2.26. The molecule has 1 N–H and O–H groups in total. The maximum Gasteiger partial charge on any atom is 0.123 e. The number of hydrogen-bond donors (Lipinski definition) is 1. The van der Waals surface area contributed by atoms with Crippen LogP contribution in [0.15, 0.2) is 54.6 Å². The Bertz CT molecular complexity index is 768. The van der Waals surface area contributed by atoms with Crippen molar-refractivity contribution in [2.75, 3.05) is 6.54 Å². The number of aromatic nitrogens is 1. The van der Waals surface area contributed by atoms with Crippen LogP contribution in [-0.2, 0) is 6.54 Å². The van der Waals surface area contributed by atoms with Crippen molar-refractivity contribution in [3.63, 3.8) is 0 Å². The first kappa shape index (κ1) is 13.7. The van der Waals surface area contributed by atoms with Crippen molar-refractivity contribution >= 4 is 10.9 Å². The Kier molecular flexibility index (Phi) is 3.93. The lowest BCUT2D eigenvalue weighted by atomic mass is 10.0. The number of fused-ring (bicyclic) bond motifs is 1. The molecule has 21 heavy (non-hydrogen) atoms. The van der Waals surface area contributed by atoms with Gasteiger partial charge in [-0.15, -0.1) is 0 Å². The fourth-order valence-electron chi connectivity index (χ4n) is 2.43. The normalized spacial score (nSPS) is 11.0. The summed E-state index contributed by atoms with van der Waals surface area (Å²) in [6, 6.07) is 16.9. The Labute approximate surface area is 123 Å². The van der Waals surface area contributed by atoms with Gasteiger partial charge in [-0.25, -0.2) is 9.37 Å². The molecule has 0 aliphatic heterocycles. The van der Waals surface area contributed by atoms with Gasteiger partial charge < -0.3 is 5.32 Å². The molecule has 0 unspecified atom stereocenters. The highest BCUT2D eigenvalue weighted by Crippen LogP contribution is 2.25. The fourth-order valence-corrected chi connectivity index (χ4v) is 2.43. The summed E-state index contributed by atoms with van der Waals surface area (Å²) in [5, 5.41) is 4.35. The average molecular weight is 280 g/mol. The van der Waals surface area contributed by atoms with Gasteiger partial charge in [-0.05, 0) is 42.4 Å². The smallest absolute Gasteiger partial charge is 0.123 e. The number of nitrogens with one attached hydrogen (secondary N) is 1. The van der Waals surface area contributed by atoms with Gasteiger partial charge >= 0.3 is 0 Å². The number of pyridine rings is 1. The van der Waals surface area contributed by atoms with Gasteiger partial charge in [-0.1, -0.05) is 31.2 Å². The van der Waals surface area contributed by atoms with E-state index in [4.69, 9.17) is 4.98 Å². The van der Waals surface area contributed by atoms with E-state index in [1.807, 2.05) is 37.3 Å². The van der Waals surface area contributed by atoms with Gasteiger partial charge in [0, 0.05) is 17.5 Å². The number of benzene rings is 2. The van der Waals surface area contributed by atoms with Crippen LogP contribution in [0.4, 0.5) is 4.39 Å². The third-order valence-corrected chi connectivity index (χ3v) is 3.51. The van der Waals surface area contributed by atoms with E-state index in [1.54, 1.807) is 12.1 Å². The summed E-state index contributed by atoms with van der Waals surface area (Å²) < 4.78 is 13.5. The third-order valence-electron chi connectivity index (χ3n) is 3.51. The quantitative estimate of drug-likeness (QED) is 0.776. The van der Waals surface area contributed by atoms with Crippen LogP contribution < -0.4 is 5.32 Å². The maximum atomic E-state index is 13.5. The van der Waals surface area contributed by atoms with Crippen LogP contribution in [-0.4, -0.2) is 11.5 Å². The van der Waals surface area contributed by atoms with Crippen LogP contribution in [0.3, 0.4) is 0 Å². The molecule has 0 saturated heterocycles. The standard InChI is InChI=1S/C18H17FN2/c1-2-20-12-14-11-15(19)8-9-16(14)18-10-7-13-5-3-4-6-17(13)21-18/h3-11,20H,2,12H2,1H3. The first-order valence-electron chi connectivity index (χ1n) is 7.13. The monoisotopic (exact) mass is 280 g/mol. The van der Waals surface area contributed by atoms with E-state index < -0.39 is 0 Å². The largest absolute Gasteiger partial charge is 0.313 e. The van der Waals surface area contributed by atoms with Crippen LogP contribution in [0.5, 0.6) is 0 Å². The highest BCUT2D eigenvalue weighted by Gasteiger charge is 2.08. The molecule has 0 bridgehead atoms. The van der Waals surface area contributed by atoms with Crippen molar-refractivity contribution in [2.24, 2.45) is 0 Å². The second-order valence-corrected chi connectivity index (χ2v) is 4.97. The van der Waals surface area contributed by atoms with Crippen molar-refractivity contribution in [3.8, 4) is 11.3 Å². The molecule has 1 aromatic heterocycles. The minimum atomic E-state index is -0.215. The first-order chi connectivity index (χ1) is 10.3. The molecule has 3 aromatic rings. The van der Waals surface area contributed by atoms with E-state index >= 15 is 0 Å². The lowest BCUT2D eigenvalue weighted by molar-refractivity contribution is 0.622. The average Bonchev–Trinajstić information content (AvgIpc) is 2.52. The topological polar surface area (TPSA) is 24.9 Å². The molecule has 3 heteroatoms. The van der Waals surface area contributed by atoms with Crippen molar-refractivity contribution in [1.82, 2.24) is 10.3 Å². The first-order valence-corrected chi connectivity index (χ1v) is 7.13. The second-order valence-electron chi connectivity index (χ2n) is 4.97. The molecule has 0 amide bonds. The summed E-state index contributed by atoms with van der Waals surface area (Å²) in [7, 11) is 0. The van der Waals surface area contributed by atoms with Crippen LogP contribution in [0.1, 0.15) is 12.5 Å². The molecule has 106 valence electrons. The number of halogens is 1. The Morgan fingerprint density at radius 3 is 2.76 bits per heavy atom. The zero-order valence-electron chi connectivity index (χ0n) is 11.9. The minimum absolute atomic E-state index is 0.215. The van der Waals surface area contributed by atoms with Crippen LogP contribution in [0.25, 0.3) is 22.2 Å². The van der Waals surface area contributed by atoms with Gasteiger partial charge in [0.1, 0.15) is 5.82 Å². The summed E-state index contributed by atoms with van der Waals surface area (Å²) in [4.78, 5) is 4.69. The van der Waals surface area contributed by atoms with E-state index in [1.165, 1.54) is 6.07 Å². The lowest BCUT2D eigenvalue weighted by Gasteiger charge is -2.10. The molecule has 2 aromatic carbocycles. The third kappa shape index (κ3) is 2.93. The van der Waals surface area contributed by atoms with E-state index in [2.05, 4.69) is 11.4 Å². The molecule has 0 aliphatic rings. The fraction of sp³-hybridized carbons (Fsp3) is 0.167. The molecule has 2 nitrogen and oxygen atoms in total. The van der Waals surface area contributed by atoms with Crippen molar-refractivity contribution in [1.29, 1.82) is 0 Å². The van der Waals surface area contributed by atoms with Gasteiger partial charge in [0.2, 0.25) is 0 Å². The van der Waals surface area contributed by atoms with Gasteiger partial charge in [0.25, 0.3) is 0 Å². The highest BCUT2D eigenvalue weighted by molar-refractivity contribution is 5.81. The van der Waals surface area contributed by atoms with Crippen LogP contribution in [0.2, 0.25) is 0 Å². The van der Waals surface area contributed by atoms with Gasteiger partial charge in [-0.2, -0.15) is 0 Å². The molecule has 0 atom stereocenters. The number of para-hydroxylation sites is 1. The SMILES string of the molecule is CCNCc1cc(F)ccc1-c1ccc2ccccc2n1. The van der Waals surface area contributed by atoms with E-state index in [-0.39, 0.29) is 5.82 Å². The highest BCUT2D eigenvalue weighted by atomic mass is 19.1. The zero-order chi connectivity index (χ0) is 14.7. The Balaban J connectivity index is 2.08.